The van der Waals surface area contributed by atoms with Gasteiger partial charge in [0.15, 0.2) is 4.69 Å². The van der Waals surface area contributed by atoms with Gasteiger partial charge in [-0.1, -0.05) is 17.7 Å². The Kier molecular flexibility index (Phi) is 4.64. The molecule has 16 heavy (non-hydrogen) atoms. The first-order chi connectivity index (χ1) is 7.42. The summed E-state index contributed by atoms with van der Waals surface area (Å²) in [7, 11) is -3.75. The number of carbonyl (C=O) groups is 1. The van der Waals surface area contributed by atoms with Crippen molar-refractivity contribution in [1.29, 1.82) is 0 Å². The molecule has 6 heteroatoms. The Hall–Kier alpha value is -0.720. The van der Waals surface area contributed by atoms with Gasteiger partial charge in [-0.15, -0.1) is 0 Å². The molecule has 88 valence electrons. The highest BCUT2D eigenvalue weighted by atomic mass is 79.9. The van der Waals surface area contributed by atoms with Crippen molar-refractivity contribution >= 4 is 30.7 Å². The molecule has 0 aliphatic carbocycles. The largest absolute Gasteiger partial charge is 0.296 e. The molecule has 4 nitrogen and oxygen atoms in total. The predicted octanol–water partition coefficient (Wildman–Crippen LogP) is 2.01. The summed E-state index contributed by atoms with van der Waals surface area (Å²) in [6, 6.07) is 6.32. The molecule has 0 saturated carbocycles. The summed E-state index contributed by atoms with van der Waals surface area (Å²) < 4.78 is 27.6. The van der Waals surface area contributed by atoms with Crippen LogP contribution >= 0.6 is 15.9 Å². The fourth-order valence-electron chi connectivity index (χ4n) is 1.00. The third kappa shape index (κ3) is 4.03. The zero-order valence-corrected chi connectivity index (χ0v) is 11.0. The average Bonchev–Trinajstić information content (AvgIpc) is 2.17. The second-order valence-corrected chi connectivity index (χ2v) is 5.69. The molecule has 0 radical (unpaired) electrons. The van der Waals surface area contributed by atoms with Crippen LogP contribution in [-0.2, 0) is 19.1 Å². The molecule has 0 aliphatic heterocycles. The fourth-order valence-corrected chi connectivity index (χ4v) is 2.07. The van der Waals surface area contributed by atoms with Crippen LogP contribution in [0.5, 0.6) is 0 Å². The highest BCUT2D eigenvalue weighted by molar-refractivity contribution is 9.18. The van der Waals surface area contributed by atoms with Crippen molar-refractivity contribution in [3.05, 3.63) is 29.8 Å². The SMILES string of the molecule is Cc1ccc(S(=O)(=O)OCCC(=O)Br)cc1. The molecule has 0 fully saturated rings. The molecule has 0 unspecified atom stereocenters. The Morgan fingerprint density at radius 1 is 1.31 bits per heavy atom. The smallest absolute Gasteiger partial charge is 0.287 e. The molecule has 0 amide bonds. The van der Waals surface area contributed by atoms with Crippen molar-refractivity contribution in [1.82, 2.24) is 0 Å². The van der Waals surface area contributed by atoms with Gasteiger partial charge in [0.2, 0.25) is 0 Å². The average molecular weight is 307 g/mol. The molecular weight excluding hydrogens is 296 g/mol. The van der Waals surface area contributed by atoms with Crippen molar-refractivity contribution in [2.24, 2.45) is 0 Å². The quantitative estimate of drug-likeness (QED) is 0.617. The van der Waals surface area contributed by atoms with Crippen molar-refractivity contribution in [3.63, 3.8) is 0 Å². The topological polar surface area (TPSA) is 60.4 Å². The van der Waals surface area contributed by atoms with Crippen LogP contribution in [0.3, 0.4) is 0 Å². The predicted molar refractivity (Wildman–Crippen MR) is 62.9 cm³/mol. The highest BCUT2D eigenvalue weighted by Gasteiger charge is 2.14. The minimum absolute atomic E-state index is 0.0189. The number of hydrogen-bond donors (Lipinski definition) is 0. The number of aryl methyl sites for hydroxylation is 1. The summed E-state index contributed by atoms with van der Waals surface area (Å²) >= 11 is 2.69. The number of hydrogen-bond acceptors (Lipinski definition) is 4. The maximum Gasteiger partial charge on any atom is 0.296 e. The van der Waals surface area contributed by atoms with Crippen LogP contribution in [0, 0.1) is 6.92 Å². The minimum atomic E-state index is -3.75. The molecule has 1 aromatic carbocycles. The van der Waals surface area contributed by atoms with Gasteiger partial charge < -0.3 is 0 Å². The van der Waals surface area contributed by atoms with Crippen LogP contribution in [0.15, 0.2) is 29.2 Å². The highest BCUT2D eigenvalue weighted by Crippen LogP contribution is 2.13. The van der Waals surface area contributed by atoms with Gasteiger partial charge in [-0.05, 0) is 35.0 Å². The van der Waals surface area contributed by atoms with Crippen LogP contribution in [0.4, 0.5) is 0 Å². The van der Waals surface area contributed by atoms with E-state index in [0.29, 0.717) is 0 Å². The van der Waals surface area contributed by atoms with E-state index in [-0.39, 0.29) is 22.6 Å². The lowest BCUT2D eigenvalue weighted by molar-refractivity contribution is -0.110. The first-order valence-electron chi connectivity index (χ1n) is 4.56. The Bertz CT molecular complexity index is 464. The van der Waals surface area contributed by atoms with Gasteiger partial charge in [-0.3, -0.25) is 8.98 Å². The van der Waals surface area contributed by atoms with Crippen molar-refractivity contribution in [2.45, 2.75) is 18.2 Å². The standard InChI is InChI=1S/C10H11BrO4S/c1-8-2-4-9(5-3-8)16(13,14)15-7-6-10(11)12/h2-5H,6-7H2,1H3. The zero-order chi connectivity index (χ0) is 12.2. The van der Waals surface area contributed by atoms with Crippen molar-refractivity contribution in [2.75, 3.05) is 6.61 Å². The van der Waals surface area contributed by atoms with E-state index in [0.717, 1.165) is 5.56 Å². The molecule has 0 heterocycles. The van der Waals surface area contributed by atoms with E-state index in [9.17, 15) is 13.2 Å². The molecule has 1 aromatic rings. The Labute approximate surface area is 103 Å². The van der Waals surface area contributed by atoms with Crippen molar-refractivity contribution < 1.29 is 17.4 Å². The fraction of sp³-hybridized carbons (Fsp3) is 0.300. The van der Waals surface area contributed by atoms with E-state index < -0.39 is 10.1 Å². The first-order valence-corrected chi connectivity index (χ1v) is 6.76. The van der Waals surface area contributed by atoms with Gasteiger partial charge in [0.25, 0.3) is 10.1 Å². The summed E-state index contributed by atoms with van der Waals surface area (Å²) in [5, 5.41) is 0. The maximum absolute atomic E-state index is 11.6. The molecule has 0 spiro atoms. The van der Waals surface area contributed by atoms with Gasteiger partial charge in [0.1, 0.15) is 0 Å². The second-order valence-electron chi connectivity index (χ2n) is 3.19. The van der Waals surface area contributed by atoms with Gasteiger partial charge in [-0.2, -0.15) is 8.42 Å². The Morgan fingerprint density at radius 3 is 2.38 bits per heavy atom. The molecule has 0 bridgehead atoms. The van der Waals surface area contributed by atoms with E-state index in [1.165, 1.54) is 12.1 Å². The molecule has 0 N–H and O–H groups in total. The number of halogens is 1. The Morgan fingerprint density at radius 2 is 1.88 bits per heavy atom. The monoisotopic (exact) mass is 306 g/mol. The summed E-state index contributed by atoms with van der Waals surface area (Å²) in [6.07, 6.45) is 0.0189. The third-order valence-electron chi connectivity index (χ3n) is 1.85. The zero-order valence-electron chi connectivity index (χ0n) is 8.64. The van der Waals surface area contributed by atoms with Gasteiger partial charge in [0.05, 0.1) is 11.5 Å². The van der Waals surface area contributed by atoms with E-state index in [1.807, 2.05) is 6.92 Å². The molecule has 0 aliphatic rings. The third-order valence-corrected chi connectivity index (χ3v) is 3.57. The van der Waals surface area contributed by atoms with Crippen molar-refractivity contribution in [3.8, 4) is 0 Å². The van der Waals surface area contributed by atoms with Crippen LogP contribution < -0.4 is 0 Å². The van der Waals surface area contributed by atoms with Crippen LogP contribution in [0.2, 0.25) is 0 Å². The number of benzene rings is 1. The molecule has 0 saturated heterocycles. The summed E-state index contributed by atoms with van der Waals surface area (Å²) in [6.45, 7) is 1.71. The second kappa shape index (κ2) is 5.56. The van der Waals surface area contributed by atoms with Crippen LogP contribution in [0.1, 0.15) is 12.0 Å². The summed E-state index contributed by atoms with van der Waals surface area (Å²) in [5.41, 5.74) is 0.967. The summed E-state index contributed by atoms with van der Waals surface area (Å²) in [5.74, 6) is 0. The number of rotatable bonds is 5. The minimum Gasteiger partial charge on any atom is -0.287 e. The lowest BCUT2D eigenvalue weighted by Crippen LogP contribution is -2.08. The van der Waals surface area contributed by atoms with E-state index >= 15 is 0 Å². The van der Waals surface area contributed by atoms with E-state index in [2.05, 4.69) is 20.1 Å². The van der Waals surface area contributed by atoms with E-state index in [1.54, 1.807) is 12.1 Å². The van der Waals surface area contributed by atoms with Gasteiger partial charge in [-0.25, -0.2) is 0 Å². The van der Waals surface area contributed by atoms with Gasteiger partial charge in [0, 0.05) is 6.42 Å². The lowest BCUT2D eigenvalue weighted by Gasteiger charge is -2.04. The molecule has 1 rings (SSSR count). The van der Waals surface area contributed by atoms with Gasteiger partial charge >= 0.3 is 0 Å². The first kappa shape index (κ1) is 13.3. The molecular formula is C10H11BrO4S. The Balaban J connectivity index is 2.71. The van der Waals surface area contributed by atoms with Crippen LogP contribution in [0.25, 0.3) is 0 Å². The summed E-state index contributed by atoms with van der Waals surface area (Å²) in [4.78, 5) is 10.6. The lowest BCUT2D eigenvalue weighted by atomic mass is 10.2. The van der Waals surface area contributed by atoms with E-state index in [4.69, 9.17) is 0 Å². The van der Waals surface area contributed by atoms with Crippen LogP contribution in [-0.4, -0.2) is 19.7 Å². The number of carbonyl (C=O) groups excluding carboxylic acids is 1. The maximum atomic E-state index is 11.6. The normalized spacial score (nSPS) is 11.4. The molecule has 0 atom stereocenters. The molecule has 0 aromatic heterocycles.